The lowest BCUT2D eigenvalue weighted by Crippen LogP contribution is -2.17. The minimum absolute atomic E-state index is 0.797. The molecule has 0 aromatic heterocycles. The molecule has 80 valence electrons. The zero-order valence-corrected chi connectivity index (χ0v) is 9.85. The lowest BCUT2D eigenvalue weighted by Gasteiger charge is -2.21. The van der Waals surface area contributed by atoms with Crippen molar-refractivity contribution in [1.82, 2.24) is 4.90 Å². The molecule has 0 unspecified atom stereocenters. The Morgan fingerprint density at radius 2 is 2.00 bits per heavy atom. The van der Waals surface area contributed by atoms with Gasteiger partial charge in [0, 0.05) is 29.4 Å². The van der Waals surface area contributed by atoms with Gasteiger partial charge >= 0.3 is 0 Å². The average molecular weight is 222 g/mol. The first-order valence-corrected chi connectivity index (χ1v) is 5.76. The van der Waals surface area contributed by atoms with Crippen molar-refractivity contribution >= 4 is 17.3 Å². The molecule has 1 fully saturated rings. The zero-order chi connectivity index (χ0) is 10.8. The summed E-state index contributed by atoms with van der Waals surface area (Å²) in [5.41, 5.74) is 3.57. The van der Waals surface area contributed by atoms with Crippen LogP contribution >= 0.6 is 11.6 Å². The molecular formula is C13H16ClN. The van der Waals surface area contributed by atoms with Crippen LogP contribution in [-0.4, -0.2) is 18.0 Å². The number of nitrogens with zero attached hydrogens (tertiary/aromatic N) is 1. The smallest absolute Gasteiger partial charge is 0.0409 e. The van der Waals surface area contributed by atoms with Crippen LogP contribution in [0.4, 0.5) is 0 Å². The van der Waals surface area contributed by atoms with Crippen LogP contribution in [0.15, 0.2) is 24.8 Å². The normalized spacial score (nSPS) is 15.7. The highest BCUT2D eigenvalue weighted by atomic mass is 35.5. The van der Waals surface area contributed by atoms with Crippen LogP contribution in [0.1, 0.15) is 24.0 Å². The highest BCUT2D eigenvalue weighted by Gasteiger charge is 2.15. The molecule has 0 N–H and O–H groups in total. The summed E-state index contributed by atoms with van der Waals surface area (Å²) in [7, 11) is 0. The highest BCUT2D eigenvalue weighted by molar-refractivity contribution is 6.30. The number of halogens is 1. The number of aryl methyl sites for hydroxylation is 1. The molecule has 0 spiro atoms. The molecule has 1 aliphatic rings. The van der Waals surface area contributed by atoms with Crippen molar-refractivity contribution < 1.29 is 0 Å². The second-order valence-corrected chi connectivity index (χ2v) is 4.54. The second-order valence-electron chi connectivity index (χ2n) is 4.10. The van der Waals surface area contributed by atoms with Gasteiger partial charge < -0.3 is 4.90 Å². The van der Waals surface area contributed by atoms with Crippen molar-refractivity contribution in [2.75, 3.05) is 13.1 Å². The van der Waals surface area contributed by atoms with Gasteiger partial charge in [-0.05, 0) is 37.5 Å². The largest absolute Gasteiger partial charge is 0.372 e. The van der Waals surface area contributed by atoms with Crippen LogP contribution in [0.2, 0.25) is 5.02 Å². The van der Waals surface area contributed by atoms with Crippen LogP contribution in [0.25, 0.3) is 5.70 Å². The summed E-state index contributed by atoms with van der Waals surface area (Å²) in [6.45, 7) is 8.55. The third kappa shape index (κ3) is 2.18. The lowest BCUT2D eigenvalue weighted by atomic mass is 10.1. The van der Waals surface area contributed by atoms with Crippen molar-refractivity contribution in [3.8, 4) is 0 Å². The van der Waals surface area contributed by atoms with Gasteiger partial charge in [-0.3, -0.25) is 0 Å². The van der Waals surface area contributed by atoms with E-state index in [0.717, 1.165) is 23.8 Å². The summed E-state index contributed by atoms with van der Waals surface area (Å²) in [4.78, 5) is 2.36. The van der Waals surface area contributed by atoms with E-state index in [2.05, 4.69) is 24.5 Å². The Morgan fingerprint density at radius 3 is 2.60 bits per heavy atom. The fourth-order valence-corrected chi connectivity index (χ4v) is 2.33. The predicted molar refractivity (Wildman–Crippen MR) is 66.0 cm³/mol. The first kappa shape index (κ1) is 10.6. The van der Waals surface area contributed by atoms with Crippen molar-refractivity contribution in [1.29, 1.82) is 0 Å². The third-order valence-electron chi connectivity index (χ3n) is 2.99. The average Bonchev–Trinajstić information content (AvgIpc) is 2.69. The quantitative estimate of drug-likeness (QED) is 0.736. The standard InChI is InChI=1S/C13H16ClN/c1-10-9-12(14)5-6-13(10)11(2)15-7-3-4-8-15/h5-6,9H,2-4,7-8H2,1H3. The molecule has 0 bridgehead atoms. The Hall–Kier alpha value is -0.950. The number of benzene rings is 1. The van der Waals surface area contributed by atoms with Crippen molar-refractivity contribution in [3.63, 3.8) is 0 Å². The van der Waals surface area contributed by atoms with E-state index in [4.69, 9.17) is 11.6 Å². The molecule has 2 rings (SSSR count). The molecule has 1 nitrogen and oxygen atoms in total. The molecular weight excluding hydrogens is 206 g/mol. The second kappa shape index (κ2) is 4.28. The Labute approximate surface area is 96.4 Å². The Bertz CT molecular complexity index is 378. The summed E-state index contributed by atoms with van der Waals surface area (Å²) < 4.78 is 0. The molecule has 1 aromatic rings. The van der Waals surface area contributed by atoms with Crippen LogP contribution in [-0.2, 0) is 0 Å². The predicted octanol–water partition coefficient (Wildman–Crippen LogP) is 3.71. The van der Waals surface area contributed by atoms with Gasteiger partial charge in [-0.15, -0.1) is 0 Å². The first-order chi connectivity index (χ1) is 7.18. The third-order valence-corrected chi connectivity index (χ3v) is 3.22. The van der Waals surface area contributed by atoms with Gasteiger partial charge in [-0.2, -0.15) is 0 Å². The van der Waals surface area contributed by atoms with Crippen LogP contribution in [0.5, 0.6) is 0 Å². The molecule has 1 heterocycles. The highest BCUT2D eigenvalue weighted by Crippen LogP contribution is 2.26. The summed E-state index contributed by atoms with van der Waals surface area (Å²) in [6, 6.07) is 6.00. The van der Waals surface area contributed by atoms with Gasteiger partial charge in [0.1, 0.15) is 0 Å². The van der Waals surface area contributed by atoms with E-state index in [-0.39, 0.29) is 0 Å². The van der Waals surface area contributed by atoms with Gasteiger partial charge in [0.15, 0.2) is 0 Å². The fourth-order valence-electron chi connectivity index (χ4n) is 2.11. The summed E-state index contributed by atoms with van der Waals surface area (Å²) >= 11 is 5.94. The lowest BCUT2D eigenvalue weighted by molar-refractivity contribution is 0.494. The Kier molecular flexibility index (Phi) is 3.01. The number of hydrogen-bond acceptors (Lipinski definition) is 1. The maximum absolute atomic E-state index is 5.94. The summed E-state index contributed by atoms with van der Waals surface area (Å²) in [6.07, 6.45) is 2.57. The van der Waals surface area contributed by atoms with Crippen LogP contribution < -0.4 is 0 Å². The first-order valence-electron chi connectivity index (χ1n) is 5.39. The van der Waals surface area contributed by atoms with E-state index < -0.39 is 0 Å². The van der Waals surface area contributed by atoms with Gasteiger partial charge in [-0.1, -0.05) is 24.2 Å². The number of likely N-dealkylation sites (tertiary alicyclic amines) is 1. The molecule has 1 saturated heterocycles. The van der Waals surface area contributed by atoms with Crippen molar-refractivity contribution in [2.45, 2.75) is 19.8 Å². The minimum atomic E-state index is 0.797. The number of rotatable bonds is 2. The van der Waals surface area contributed by atoms with Gasteiger partial charge in [0.05, 0.1) is 0 Å². The fraction of sp³-hybridized carbons (Fsp3) is 0.385. The molecule has 0 atom stereocenters. The Balaban J connectivity index is 2.24. The topological polar surface area (TPSA) is 3.24 Å². The molecule has 1 aromatic carbocycles. The summed E-state index contributed by atoms with van der Waals surface area (Å²) in [5.74, 6) is 0. The van der Waals surface area contributed by atoms with Gasteiger partial charge in [-0.25, -0.2) is 0 Å². The van der Waals surface area contributed by atoms with E-state index >= 15 is 0 Å². The zero-order valence-electron chi connectivity index (χ0n) is 9.09. The molecule has 0 aliphatic carbocycles. The van der Waals surface area contributed by atoms with E-state index in [0.29, 0.717) is 0 Å². The molecule has 0 radical (unpaired) electrons. The molecule has 0 saturated carbocycles. The SMILES string of the molecule is C=C(c1ccc(Cl)cc1C)N1CCCC1. The molecule has 2 heteroatoms. The monoisotopic (exact) mass is 221 g/mol. The van der Waals surface area contributed by atoms with E-state index in [1.54, 1.807) is 0 Å². The van der Waals surface area contributed by atoms with Crippen molar-refractivity contribution in [3.05, 3.63) is 40.9 Å². The van der Waals surface area contributed by atoms with Gasteiger partial charge in [0.2, 0.25) is 0 Å². The number of hydrogen-bond donors (Lipinski definition) is 0. The van der Waals surface area contributed by atoms with Crippen LogP contribution in [0, 0.1) is 6.92 Å². The summed E-state index contributed by atoms with van der Waals surface area (Å²) in [5, 5.41) is 0.797. The maximum Gasteiger partial charge on any atom is 0.0409 e. The molecule has 15 heavy (non-hydrogen) atoms. The molecule has 0 amide bonds. The Morgan fingerprint density at radius 1 is 1.33 bits per heavy atom. The van der Waals surface area contributed by atoms with E-state index in [9.17, 15) is 0 Å². The molecule has 1 aliphatic heterocycles. The van der Waals surface area contributed by atoms with Crippen LogP contribution in [0.3, 0.4) is 0 Å². The maximum atomic E-state index is 5.94. The van der Waals surface area contributed by atoms with Crippen molar-refractivity contribution in [2.24, 2.45) is 0 Å². The minimum Gasteiger partial charge on any atom is -0.372 e. The van der Waals surface area contributed by atoms with E-state index in [1.807, 2.05) is 12.1 Å². The van der Waals surface area contributed by atoms with Gasteiger partial charge in [0.25, 0.3) is 0 Å². The van der Waals surface area contributed by atoms with E-state index in [1.165, 1.54) is 24.0 Å².